The Hall–Kier alpha value is -1.62. The van der Waals surface area contributed by atoms with Gasteiger partial charge < -0.3 is 4.74 Å². The molecule has 0 fully saturated rings. The van der Waals surface area contributed by atoms with E-state index >= 15 is 0 Å². The Morgan fingerprint density at radius 3 is 2.79 bits per heavy atom. The molecule has 0 saturated heterocycles. The quantitative estimate of drug-likeness (QED) is 0.830. The molecule has 0 saturated carbocycles. The van der Waals surface area contributed by atoms with Crippen molar-refractivity contribution in [1.29, 1.82) is 0 Å². The van der Waals surface area contributed by atoms with E-state index in [0.717, 1.165) is 27.8 Å². The minimum absolute atomic E-state index is 0.101. The van der Waals surface area contributed by atoms with Crippen LogP contribution in [0.1, 0.15) is 19.0 Å². The number of nitrogens with zero attached hydrogens (tertiary/aromatic N) is 1. The van der Waals surface area contributed by atoms with E-state index in [1.54, 1.807) is 0 Å². The Kier molecular flexibility index (Phi) is 4.74. The summed E-state index contributed by atoms with van der Waals surface area (Å²) < 4.78 is 6.03. The highest BCUT2D eigenvalue weighted by Gasteiger charge is 2.11. The number of rotatable bonds is 6. The molecule has 19 heavy (non-hydrogen) atoms. The van der Waals surface area contributed by atoms with Crippen LogP contribution < -0.4 is 0 Å². The minimum Gasteiger partial charge on any atom is -0.464 e. The van der Waals surface area contributed by atoms with Crippen molar-refractivity contribution < 1.29 is 9.53 Å². The molecule has 4 nitrogen and oxygen atoms in total. The van der Waals surface area contributed by atoms with Crippen molar-refractivity contribution in [1.82, 2.24) is 10.2 Å². The smallest absolute Gasteiger partial charge is 0.293 e. The van der Waals surface area contributed by atoms with Gasteiger partial charge in [-0.2, -0.15) is 5.10 Å². The van der Waals surface area contributed by atoms with E-state index in [-0.39, 0.29) is 6.10 Å². The zero-order valence-electron chi connectivity index (χ0n) is 10.6. The second kappa shape index (κ2) is 6.52. The van der Waals surface area contributed by atoms with Gasteiger partial charge in [0.05, 0.1) is 5.69 Å². The molecule has 0 bridgehead atoms. The molecule has 5 heteroatoms. The lowest BCUT2D eigenvalue weighted by Crippen LogP contribution is -2.14. The van der Waals surface area contributed by atoms with Gasteiger partial charge >= 0.3 is 0 Å². The van der Waals surface area contributed by atoms with Gasteiger partial charge in [-0.3, -0.25) is 9.89 Å². The molecular weight excluding hydrogens is 308 g/mol. The Labute approximate surface area is 120 Å². The largest absolute Gasteiger partial charge is 0.464 e. The summed E-state index contributed by atoms with van der Waals surface area (Å²) in [6.07, 6.45) is 1.33. The highest BCUT2D eigenvalue weighted by Crippen LogP contribution is 2.21. The third-order valence-electron chi connectivity index (χ3n) is 2.92. The highest BCUT2D eigenvalue weighted by atomic mass is 79.9. The molecule has 0 spiro atoms. The van der Waals surface area contributed by atoms with Crippen LogP contribution >= 0.6 is 15.9 Å². The maximum atomic E-state index is 10.4. The topological polar surface area (TPSA) is 55.0 Å². The molecule has 0 aliphatic carbocycles. The maximum Gasteiger partial charge on any atom is 0.293 e. The molecule has 0 aliphatic rings. The number of ether oxygens (including phenoxy) is 1. The van der Waals surface area contributed by atoms with Crippen LogP contribution in [0.25, 0.3) is 11.3 Å². The van der Waals surface area contributed by atoms with E-state index in [1.807, 2.05) is 37.3 Å². The fourth-order valence-corrected chi connectivity index (χ4v) is 2.11. The molecule has 0 aliphatic heterocycles. The number of halogens is 1. The van der Waals surface area contributed by atoms with Crippen LogP contribution in [0.15, 0.2) is 34.8 Å². The third kappa shape index (κ3) is 3.67. The molecule has 2 aromatic rings. The predicted octanol–water partition coefficient (Wildman–Crippen LogP) is 3.33. The van der Waals surface area contributed by atoms with Gasteiger partial charge in [-0.05, 0) is 24.6 Å². The van der Waals surface area contributed by atoms with E-state index in [9.17, 15) is 4.79 Å². The number of hydrogen-bond donors (Lipinski definition) is 1. The van der Waals surface area contributed by atoms with Crippen LogP contribution in [-0.2, 0) is 16.0 Å². The first-order valence-electron chi connectivity index (χ1n) is 6.12. The number of H-pyrrole nitrogens is 1. The molecule has 1 aromatic carbocycles. The average molecular weight is 323 g/mol. The molecule has 1 unspecified atom stereocenters. The van der Waals surface area contributed by atoms with Gasteiger partial charge in [-0.1, -0.05) is 35.0 Å². The molecule has 1 N–H and O–H groups in total. The number of aromatic amines is 1. The summed E-state index contributed by atoms with van der Waals surface area (Å²) in [7, 11) is 0. The van der Waals surface area contributed by atoms with Crippen LogP contribution in [0.5, 0.6) is 0 Å². The minimum atomic E-state index is -0.101. The molecule has 100 valence electrons. The lowest BCUT2D eigenvalue weighted by Gasteiger charge is -2.10. The van der Waals surface area contributed by atoms with Crippen molar-refractivity contribution in [3.05, 3.63) is 40.5 Å². The number of hydrogen-bond acceptors (Lipinski definition) is 3. The van der Waals surface area contributed by atoms with Gasteiger partial charge in [0, 0.05) is 22.2 Å². The molecular formula is C14H15BrN2O2. The number of carbonyl (C=O) groups excluding carboxylic acids is 1. The Balaban J connectivity index is 2.10. The molecule has 0 radical (unpaired) electrons. The summed E-state index contributed by atoms with van der Waals surface area (Å²) in [6.45, 7) is 2.49. The summed E-state index contributed by atoms with van der Waals surface area (Å²) in [5.74, 6) is 0. The summed E-state index contributed by atoms with van der Waals surface area (Å²) >= 11 is 3.40. The monoisotopic (exact) mass is 322 g/mol. The first-order valence-corrected chi connectivity index (χ1v) is 6.91. The van der Waals surface area contributed by atoms with Crippen molar-refractivity contribution in [3.8, 4) is 11.3 Å². The van der Waals surface area contributed by atoms with Crippen LogP contribution in [0.2, 0.25) is 0 Å². The van der Waals surface area contributed by atoms with Gasteiger partial charge in [0.1, 0.15) is 6.10 Å². The van der Waals surface area contributed by atoms with Gasteiger partial charge in [0.15, 0.2) is 0 Å². The molecule has 0 amide bonds. The second-order valence-electron chi connectivity index (χ2n) is 4.25. The standard InChI is InChI=1S/C14H15BrN2O2/c1-2-13(19-9-18)7-12-8-14(17-16-12)10-3-5-11(15)6-4-10/h3-6,8-9,13H,2,7H2,1H3,(H,16,17). The normalized spacial score (nSPS) is 12.1. The number of nitrogens with one attached hydrogen (secondary N) is 1. The van der Waals surface area contributed by atoms with Crippen LogP contribution in [0, 0.1) is 0 Å². The third-order valence-corrected chi connectivity index (χ3v) is 3.45. The second-order valence-corrected chi connectivity index (χ2v) is 5.17. The Bertz CT molecular complexity index is 537. The Morgan fingerprint density at radius 2 is 2.16 bits per heavy atom. The molecule has 2 rings (SSSR count). The van der Waals surface area contributed by atoms with Gasteiger partial charge in [0.2, 0.25) is 0 Å². The fourth-order valence-electron chi connectivity index (χ4n) is 1.85. The van der Waals surface area contributed by atoms with Crippen LogP contribution in [-0.4, -0.2) is 22.8 Å². The summed E-state index contributed by atoms with van der Waals surface area (Å²) in [5.41, 5.74) is 2.91. The maximum absolute atomic E-state index is 10.4. The van der Waals surface area contributed by atoms with E-state index in [2.05, 4.69) is 26.1 Å². The zero-order valence-corrected chi connectivity index (χ0v) is 12.2. The van der Waals surface area contributed by atoms with E-state index in [4.69, 9.17) is 4.74 Å². The summed E-state index contributed by atoms with van der Waals surface area (Å²) in [6, 6.07) is 9.95. The summed E-state index contributed by atoms with van der Waals surface area (Å²) in [5, 5.41) is 7.26. The molecule has 1 aromatic heterocycles. The first-order chi connectivity index (χ1) is 9.22. The van der Waals surface area contributed by atoms with Crippen molar-refractivity contribution in [2.24, 2.45) is 0 Å². The van der Waals surface area contributed by atoms with Gasteiger partial charge in [0.25, 0.3) is 6.47 Å². The van der Waals surface area contributed by atoms with Gasteiger partial charge in [-0.15, -0.1) is 0 Å². The number of carbonyl (C=O) groups is 1. The van der Waals surface area contributed by atoms with Gasteiger partial charge in [-0.25, -0.2) is 0 Å². The van der Waals surface area contributed by atoms with Crippen molar-refractivity contribution in [2.75, 3.05) is 0 Å². The SMILES string of the molecule is CCC(Cc1cc(-c2ccc(Br)cc2)n[nH]1)OC=O. The van der Waals surface area contributed by atoms with E-state index in [0.29, 0.717) is 12.9 Å². The Morgan fingerprint density at radius 1 is 1.42 bits per heavy atom. The van der Waals surface area contributed by atoms with E-state index < -0.39 is 0 Å². The summed E-state index contributed by atoms with van der Waals surface area (Å²) in [4.78, 5) is 10.4. The lowest BCUT2D eigenvalue weighted by atomic mass is 10.1. The van der Waals surface area contributed by atoms with E-state index in [1.165, 1.54) is 0 Å². The lowest BCUT2D eigenvalue weighted by molar-refractivity contribution is -0.133. The predicted molar refractivity (Wildman–Crippen MR) is 76.7 cm³/mol. The fraction of sp³-hybridized carbons (Fsp3) is 0.286. The number of aromatic nitrogens is 2. The zero-order chi connectivity index (χ0) is 13.7. The van der Waals surface area contributed by atoms with Crippen LogP contribution in [0.4, 0.5) is 0 Å². The average Bonchev–Trinajstić information content (AvgIpc) is 2.87. The highest BCUT2D eigenvalue weighted by molar-refractivity contribution is 9.10. The first kappa shape index (κ1) is 13.8. The molecule has 1 heterocycles. The van der Waals surface area contributed by atoms with Crippen molar-refractivity contribution in [2.45, 2.75) is 25.9 Å². The molecule has 1 atom stereocenters. The number of benzene rings is 1. The van der Waals surface area contributed by atoms with Crippen LogP contribution in [0.3, 0.4) is 0 Å². The van der Waals surface area contributed by atoms with Crippen molar-refractivity contribution >= 4 is 22.4 Å². The van der Waals surface area contributed by atoms with Crippen molar-refractivity contribution in [3.63, 3.8) is 0 Å².